The van der Waals surface area contributed by atoms with Crippen molar-refractivity contribution in [3.05, 3.63) is 28.2 Å². The maximum atomic E-state index is 5.78. The van der Waals surface area contributed by atoms with Gasteiger partial charge in [0.15, 0.2) is 0 Å². The summed E-state index contributed by atoms with van der Waals surface area (Å²) in [5.41, 5.74) is 8.30. The minimum Gasteiger partial charge on any atom is -0.369 e. The van der Waals surface area contributed by atoms with Gasteiger partial charge in [0.25, 0.3) is 0 Å². The highest BCUT2D eigenvalue weighted by molar-refractivity contribution is 9.10. The Morgan fingerprint density at radius 2 is 2.05 bits per heavy atom. The smallest absolute Gasteiger partial charge is 0.0381 e. The van der Waals surface area contributed by atoms with Crippen molar-refractivity contribution in [3.8, 4) is 0 Å². The lowest BCUT2D eigenvalue weighted by Crippen LogP contribution is -2.54. The second-order valence-corrected chi connectivity index (χ2v) is 6.57. The lowest BCUT2D eigenvalue weighted by Gasteiger charge is -2.45. The maximum absolute atomic E-state index is 5.78. The molecule has 2 N–H and O–H groups in total. The van der Waals surface area contributed by atoms with Crippen LogP contribution in [0.3, 0.4) is 0 Å². The van der Waals surface area contributed by atoms with Gasteiger partial charge in [-0.1, -0.05) is 22.4 Å². The third kappa shape index (κ3) is 2.96. The molecular weight excluding hydrogens is 302 g/mol. The first kappa shape index (κ1) is 13.4. The van der Waals surface area contributed by atoms with Crippen LogP contribution >= 0.6 is 15.9 Å². The second-order valence-electron chi connectivity index (χ2n) is 5.65. The lowest BCUT2D eigenvalue weighted by atomic mass is 9.99. The van der Waals surface area contributed by atoms with Crippen LogP contribution in [0.4, 0.5) is 5.69 Å². The molecule has 0 amide bonds. The highest BCUT2D eigenvalue weighted by atomic mass is 79.9. The fourth-order valence-corrected chi connectivity index (χ4v) is 3.85. The van der Waals surface area contributed by atoms with Crippen molar-refractivity contribution in [3.63, 3.8) is 0 Å². The van der Waals surface area contributed by atoms with Crippen molar-refractivity contribution in [2.45, 2.75) is 31.8 Å². The van der Waals surface area contributed by atoms with E-state index in [-0.39, 0.29) is 0 Å². The number of hydrogen-bond acceptors (Lipinski definition) is 3. The molecule has 0 spiro atoms. The Bertz CT molecular complexity index is 449. The van der Waals surface area contributed by atoms with E-state index < -0.39 is 0 Å². The van der Waals surface area contributed by atoms with Gasteiger partial charge in [0.2, 0.25) is 0 Å². The van der Waals surface area contributed by atoms with Gasteiger partial charge in [-0.25, -0.2) is 0 Å². The van der Waals surface area contributed by atoms with Crippen LogP contribution in [0.2, 0.25) is 0 Å². The van der Waals surface area contributed by atoms with Gasteiger partial charge in [0.05, 0.1) is 0 Å². The summed E-state index contributed by atoms with van der Waals surface area (Å²) in [6.07, 6.45) is 4.13. The van der Waals surface area contributed by atoms with Crippen molar-refractivity contribution in [2.75, 3.05) is 31.1 Å². The number of hydrogen-bond donors (Lipinski definition) is 1. The first-order chi connectivity index (χ1) is 9.26. The number of fused-ring (bicyclic) bond motifs is 1. The Balaban J connectivity index is 1.77. The third-order valence-corrected chi connectivity index (χ3v) is 4.84. The molecule has 2 heterocycles. The van der Waals surface area contributed by atoms with Gasteiger partial charge in [0.1, 0.15) is 0 Å². The number of benzene rings is 1. The Morgan fingerprint density at radius 3 is 2.89 bits per heavy atom. The lowest BCUT2D eigenvalue weighted by molar-refractivity contribution is 0.133. The number of halogens is 1. The Labute approximate surface area is 123 Å². The van der Waals surface area contributed by atoms with Gasteiger partial charge in [-0.15, -0.1) is 0 Å². The molecule has 2 fully saturated rings. The van der Waals surface area contributed by atoms with Gasteiger partial charge in [0, 0.05) is 42.4 Å². The van der Waals surface area contributed by atoms with Crippen LogP contribution in [0.1, 0.15) is 24.8 Å². The van der Waals surface area contributed by atoms with Gasteiger partial charge >= 0.3 is 0 Å². The van der Waals surface area contributed by atoms with Gasteiger partial charge in [-0.2, -0.15) is 0 Å². The van der Waals surface area contributed by atoms with Crippen LogP contribution in [0.25, 0.3) is 0 Å². The van der Waals surface area contributed by atoms with Crippen molar-refractivity contribution >= 4 is 21.6 Å². The predicted octanol–water partition coefficient (Wildman–Crippen LogP) is 2.58. The van der Waals surface area contributed by atoms with Gasteiger partial charge < -0.3 is 10.6 Å². The van der Waals surface area contributed by atoms with Crippen molar-refractivity contribution in [1.82, 2.24) is 4.90 Å². The molecule has 2 aliphatic heterocycles. The summed E-state index contributed by atoms with van der Waals surface area (Å²) >= 11 is 3.60. The molecule has 0 aromatic heterocycles. The molecule has 3 nitrogen and oxygen atoms in total. The largest absolute Gasteiger partial charge is 0.369 e. The maximum Gasteiger partial charge on any atom is 0.0381 e. The number of nitrogens with two attached hydrogens (primary N) is 1. The highest BCUT2D eigenvalue weighted by Gasteiger charge is 2.28. The Hall–Kier alpha value is -0.580. The summed E-state index contributed by atoms with van der Waals surface area (Å²) in [5.74, 6) is 0. The molecule has 19 heavy (non-hydrogen) atoms. The Kier molecular flexibility index (Phi) is 4.10. The molecule has 104 valence electrons. The van der Waals surface area contributed by atoms with E-state index in [1.54, 1.807) is 0 Å². The molecule has 2 aliphatic rings. The van der Waals surface area contributed by atoms with Crippen LogP contribution in [0.5, 0.6) is 0 Å². The van der Waals surface area contributed by atoms with E-state index in [0.717, 1.165) is 17.1 Å². The second kappa shape index (κ2) is 5.81. The molecule has 2 saturated heterocycles. The molecule has 1 aromatic carbocycles. The van der Waals surface area contributed by atoms with Crippen LogP contribution in [0, 0.1) is 0 Å². The van der Waals surface area contributed by atoms with E-state index in [1.165, 1.54) is 50.1 Å². The molecule has 3 rings (SSSR count). The number of anilines is 1. The zero-order valence-corrected chi connectivity index (χ0v) is 12.9. The molecule has 1 unspecified atom stereocenters. The first-order valence-corrected chi connectivity index (χ1v) is 8.04. The topological polar surface area (TPSA) is 32.5 Å². The SMILES string of the molecule is NCc1cc(Br)cc(N2CCN3CCCCC3C2)c1. The van der Waals surface area contributed by atoms with E-state index in [1.807, 2.05) is 0 Å². The minimum absolute atomic E-state index is 0.607. The van der Waals surface area contributed by atoms with E-state index in [2.05, 4.69) is 43.9 Å². The predicted molar refractivity (Wildman–Crippen MR) is 83.5 cm³/mol. The number of piperazine rings is 1. The molecule has 1 atom stereocenters. The molecule has 0 saturated carbocycles. The van der Waals surface area contributed by atoms with Crippen LogP contribution < -0.4 is 10.6 Å². The van der Waals surface area contributed by atoms with Crippen molar-refractivity contribution in [1.29, 1.82) is 0 Å². The van der Waals surface area contributed by atoms with Crippen LogP contribution in [0.15, 0.2) is 22.7 Å². The van der Waals surface area contributed by atoms with Crippen molar-refractivity contribution < 1.29 is 0 Å². The third-order valence-electron chi connectivity index (χ3n) is 4.38. The van der Waals surface area contributed by atoms with E-state index in [0.29, 0.717) is 6.54 Å². The standard InChI is InChI=1S/C15H22BrN3/c16-13-7-12(10-17)8-15(9-13)19-6-5-18-4-2-1-3-14(18)11-19/h7-9,14H,1-6,10-11,17H2. The van der Waals surface area contributed by atoms with Gasteiger partial charge in [-0.05, 0) is 43.1 Å². The summed E-state index contributed by atoms with van der Waals surface area (Å²) in [4.78, 5) is 5.19. The molecule has 1 aromatic rings. The van der Waals surface area contributed by atoms with E-state index >= 15 is 0 Å². The quantitative estimate of drug-likeness (QED) is 0.908. The number of rotatable bonds is 2. The van der Waals surface area contributed by atoms with Crippen LogP contribution in [-0.4, -0.2) is 37.1 Å². The molecule has 0 radical (unpaired) electrons. The highest BCUT2D eigenvalue weighted by Crippen LogP contribution is 2.27. The monoisotopic (exact) mass is 323 g/mol. The zero-order chi connectivity index (χ0) is 13.2. The Morgan fingerprint density at radius 1 is 1.16 bits per heavy atom. The summed E-state index contributed by atoms with van der Waals surface area (Å²) < 4.78 is 1.14. The molecule has 0 bridgehead atoms. The summed E-state index contributed by atoms with van der Waals surface area (Å²) in [6.45, 7) is 5.41. The summed E-state index contributed by atoms with van der Waals surface area (Å²) in [5, 5.41) is 0. The normalized spacial score (nSPS) is 24.3. The summed E-state index contributed by atoms with van der Waals surface area (Å²) in [7, 11) is 0. The number of piperidine rings is 1. The summed E-state index contributed by atoms with van der Waals surface area (Å²) in [6, 6.07) is 7.32. The van der Waals surface area contributed by atoms with E-state index in [4.69, 9.17) is 5.73 Å². The van der Waals surface area contributed by atoms with Crippen LogP contribution in [-0.2, 0) is 6.54 Å². The minimum atomic E-state index is 0.607. The first-order valence-electron chi connectivity index (χ1n) is 7.25. The fourth-order valence-electron chi connectivity index (χ4n) is 3.32. The molecule has 4 heteroatoms. The molecular formula is C15H22BrN3. The number of nitrogens with zero attached hydrogens (tertiary/aromatic N) is 2. The van der Waals surface area contributed by atoms with E-state index in [9.17, 15) is 0 Å². The average molecular weight is 324 g/mol. The average Bonchev–Trinajstić information content (AvgIpc) is 2.46. The van der Waals surface area contributed by atoms with Crippen molar-refractivity contribution in [2.24, 2.45) is 5.73 Å². The zero-order valence-electron chi connectivity index (χ0n) is 11.3. The molecule has 0 aliphatic carbocycles. The van der Waals surface area contributed by atoms with Gasteiger partial charge in [-0.3, -0.25) is 4.90 Å². The fraction of sp³-hybridized carbons (Fsp3) is 0.600.